The molecule has 0 radical (unpaired) electrons. The first-order valence-electron chi connectivity index (χ1n) is 5.86. The number of rotatable bonds is 3. The number of hydrogen-bond acceptors (Lipinski definition) is 5. The van der Waals surface area contributed by atoms with E-state index in [0.717, 1.165) is 19.6 Å². The fourth-order valence-corrected chi connectivity index (χ4v) is 1.81. The molecule has 1 heterocycles. The summed E-state index contributed by atoms with van der Waals surface area (Å²) in [4.78, 5) is 27.0. The van der Waals surface area contributed by atoms with E-state index < -0.39 is 11.8 Å². The van der Waals surface area contributed by atoms with Crippen LogP contribution >= 0.6 is 0 Å². The number of piperazine rings is 1. The highest BCUT2D eigenvalue weighted by Gasteiger charge is 2.23. The van der Waals surface area contributed by atoms with Crippen LogP contribution in [-0.4, -0.2) is 74.5 Å². The molecule has 1 rings (SSSR count). The summed E-state index contributed by atoms with van der Waals surface area (Å²) in [6.45, 7) is 3.08. The van der Waals surface area contributed by atoms with Gasteiger partial charge in [-0.15, -0.1) is 0 Å². The maximum Gasteiger partial charge on any atom is 0.310 e. The molecule has 1 aliphatic heterocycles. The van der Waals surface area contributed by atoms with E-state index in [4.69, 9.17) is 5.26 Å². The molecule has 2 amide bonds. The number of nitrogens with one attached hydrogen (secondary N) is 2. The predicted octanol–water partition coefficient (Wildman–Crippen LogP) is -2.01. The summed E-state index contributed by atoms with van der Waals surface area (Å²) in [6, 6.07) is 1.95. The van der Waals surface area contributed by atoms with Gasteiger partial charge in [-0.05, 0) is 14.1 Å². The van der Waals surface area contributed by atoms with E-state index in [1.807, 2.05) is 14.1 Å². The fourth-order valence-electron chi connectivity index (χ4n) is 1.81. The molecule has 100 valence electrons. The lowest BCUT2D eigenvalue weighted by atomic mass is 10.2. The molecule has 1 atom stereocenters. The first kappa shape index (κ1) is 14.4. The molecular weight excluding hydrogens is 234 g/mol. The van der Waals surface area contributed by atoms with Crippen molar-refractivity contribution in [3.8, 4) is 6.07 Å². The molecule has 1 unspecified atom stereocenters. The Bertz CT molecular complexity index is 352. The predicted molar refractivity (Wildman–Crippen MR) is 65.5 cm³/mol. The lowest BCUT2D eigenvalue weighted by Crippen LogP contribution is -2.55. The minimum Gasteiger partial charge on any atom is -0.346 e. The maximum absolute atomic E-state index is 11.4. The Morgan fingerprint density at radius 3 is 2.61 bits per heavy atom. The zero-order valence-electron chi connectivity index (χ0n) is 10.8. The molecular formula is C11H19N5O2. The second-order valence-electron chi connectivity index (χ2n) is 4.45. The summed E-state index contributed by atoms with van der Waals surface area (Å²) in [7, 11) is 4.03. The second kappa shape index (κ2) is 6.93. The third kappa shape index (κ3) is 4.31. The van der Waals surface area contributed by atoms with Gasteiger partial charge in [0.05, 0.1) is 6.07 Å². The Balaban J connectivity index is 2.33. The van der Waals surface area contributed by atoms with Crippen molar-refractivity contribution in [3.05, 3.63) is 0 Å². The van der Waals surface area contributed by atoms with Gasteiger partial charge in [0, 0.05) is 32.2 Å². The van der Waals surface area contributed by atoms with Gasteiger partial charge in [-0.25, -0.2) is 0 Å². The quantitative estimate of drug-likeness (QED) is 0.448. The van der Waals surface area contributed by atoms with E-state index in [-0.39, 0.29) is 12.6 Å². The van der Waals surface area contributed by atoms with E-state index in [1.165, 1.54) is 0 Å². The van der Waals surface area contributed by atoms with Crippen molar-refractivity contribution in [2.24, 2.45) is 0 Å². The van der Waals surface area contributed by atoms with E-state index in [2.05, 4.69) is 20.4 Å². The number of nitriles is 1. The minimum absolute atomic E-state index is 0.154. The summed E-state index contributed by atoms with van der Waals surface area (Å²) in [5, 5.41) is 13.1. The molecule has 0 spiro atoms. The normalized spacial score (nSPS) is 21.1. The van der Waals surface area contributed by atoms with Crippen LogP contribution in [0.5, 0.6) is 0 Å². The van der Waals surface area contributed by atoms with E-state index >= 15 is 0 Å². The zero-order chi connectivity index (χ0) is 13.5. The number of likely N-dealkylation sites (N-methyl/N-ethyl adjacent to an activating group) is 2. The van der Waals surface area contributed by atoms with Crippen molar-refractivity contribution < 1.29 is 9.59 Å². The summed E-state index contributed by atoms with van der Waals surface area (Å²) in [5.74, 6) is -1.45. The summed E-state index contributed by atoms with van der Waals surface area (Å²) in [5.41, 5.74) is 0. The number of amides is 2. The van der Waals surface area contributed by atoms with Gasteiger partial charge >= 0.3 is 11.8 Å². The van der Waals surface area contributed by atoms with Crippen LogP contribution in [-0.2, 0) is 9.59 Å². The van der Waals surface area contributed by atoms with Crippen LogP contribution in [0.2, 0.25) is 0 Å². The van der Waals surface area contributed by atoms with Crippen molar-refractivity contribution in [2.45, 2.75) is 6.04 Å². The highest BCUT2D eigenvalue weighted by molar-refractivity contribution is 6.35. The van der Waals surface area contributed by atoms with Crippen LogP contribution in [0.3, 0.4) is 0 Å². The average molecular weight is 253 g/mol. The van der Waals surface area contributed by atoms with Gasteiger partial charge < -0.3 is 15.5 Å². The first-order chi connectivity index (χ1) is 8.54. The first-order valence-corrected chi connectivity index (χ1v) is 5.86. The van der Waals surface area contributed by atoms with Gasteiger partial charge in [-0.1, -0.05) is 0 Å². The third-order valence-corrected chi connectivity index (χ3v) is 3.01. The molecule has 7 heteroatoms. The van der Waals surface area contributed by atoms with Crippen LogP contribution in [0, 0.1) is 11.3 Å². The summed E-state index contributed by atoms with van der Waals surface area (Å²) < 4.78 is 0. The molecule has 7 nitrogen and oxygen atoms in total. The van der Waals surface area contributed by atoms with Gasteiger partial charge in [-0.2, -0.15) is 5.26 Å². The lowest BCUT2D eigenvalue weighted by Gasteiger charge is -2.37. The molecule has 2 N–H and O–H groups in total. The Hall–Kier alpha value is -1.65. The number of hydrogen-bond donors (Lipinski definition) is 2. The lowest BCUT2D eigenvalue weighted by molar-refractivity contribution is -0.139. The average Bonchev–Trinajstić information content (AvgIpc) is 2.36. The highest BCUT2D eigenvalue weighted by atomic mass is 16.2. The van der Waals surface area contributed by atoms with Crippen LogP contribution in [0.1, 0.15) is 0 Å². The largest absolute Gasteiger partial charge is 0.346 e. The van der Waals surface area contributed by atoms with Gasteiger partial charge in [0.15, 0.2) is 0 Å². The van der Waals surface area contributed by atoms with Crippen molar-refractivity contribution in [1.82, 2.24) is 20.4 Å². The standard InChI is InChI=1S/C11H19N5O2/c1-15-5-6-16(2)9(8-15)7-14-11(18)10(17)13-4-3-12/h9H,4-8H2,1-2H3,(H,13,17)(H,14,18). The molecule has 0 aromatic carbocycles. The number of carbonyl (C=O) groups is 2. The topological polar surface area (TPSA) is 88.5 Å². The zero-order valence-corrected chi connectivity index (χ0v) is 10.8. The van der Waals surface area contributed by atoms with Crippen molar-refractivity contribution in [1.29, 1.82) is 5.26 Å². The van der Waals surface area contributed by atoms with Crippen LogP contribution < -0.4 is 10.6 Å². The van der Waals surface area contributed by atoms with Crippen molar-refractivity contribution in [3.63, 3.8) is 0 Å². The SMILES string of the molecule is CN1CCN(C)C(CNC(=O)C(=O)NCC#N)C1. The van der Waals surface area contributed by atoms with Crippen LogP contribution in [0.4, 0.5) is 0 Å². The second-order valence-corrected chi connectivity index (χ2v) is 4.45. The highest BCUT2D eigenvalue weighted by Crippen LogP contribution is 2.04. The van der Waals surface area contributed by atoms with Gasteiger partial charge in [0.2, 0.25) is 0 Å². The molecule has 1 saturated heterocycles. The maximum atomic E-state index is 11.4. The van der Waals surface area contributed by atoms with Crippen LogP contribution in [0.15, 0.2) is 0 Å². The Morgan fingerprint density at radius 2 is 1.94 bits per heavy atom. The Morgan fingerprint density at radius 1 is 1.28 bits per heavy atom. The Labute approximate surface area is 107 Å². The molecule has 1 aliphatic rings. The number of carbonyl (C=O) groups excluding carboxylic acids is 2. The summed E-state index contributed by atoms with van der Waals surface area (Å²) in [6.07, 6.45) is 0. The fraction of sp³-hybridized carbons (Fsp3) is 0.727. The molecule has 0 saturated carbocycles. The molecule has 18 heavy (non-hydrogen) atoms. The van der Waals surface area contributed by atoms with E-state index in [9.17, 15) is 9.59 Å². The van der Waals surface area contributed by atoms with E-state index in [1.54, 1.807) is 6.07 Å². The van der Waals surface area contributed by atoms with E-state index in [0.29, 0.717) is 6.54 Å². The van der Waals surface area contributed by atoms with Gasteiger partial charge in [0.1, 0.15) is 6.54 Å². The van der Waals surface area contributed by atoms with Crippen molar-refractivity contribution in [2.75, 3.05) is 46.8 Å². The van der Waals surface area contributed by atoms with Crippen molar-refractivity contribution >= 4 is 11.8 Å². The van der Waals surface area contributed by atoms with Crippen LogP contribution in [0.25, 0.3) is 0 Å². The molecule has 0 aromatic heterocycles. The Kier molecular flexibility index (Phi) is 5.55. The molecule has 1 fully saturated rings. The molecule has 0 aromatic rings. The molecule has 0 aliphatic carbocycles. The summed E-state index contributed by atoms with van der Waals surface area (Å²) >= 11 is 0. The van der Waals surface area contributed by atoms with Gasteiger partial charge in [0.25, 0.3) is 0 Å². The smallest absolute Gasteiger partial charge is 0.310 e. The minimum atomic E-state index is -0.761. The molecule has 0 bridgehead atoms. The number of nitrogens with zero attached hydrogens (tertiary/aromatic N) is 3. The monoisotopic (exact) mass is 253 g/mol. The van der Waals surface area contributed by atoms with Gasteiger partial charge in [-0.3, -0.25) is 14.5 Å². The third-order valence-electron chi connectivity index (χ3n) is 3.01.